The van der Waals surface area contributed by atoms with E-state index in [-0.39, 0.29) is 23.6 Å². The fourth-order valence-corrected chi connectivity index (χ4v) is 7.97. The lowest BCUT2D eigenvalue weighted by molar-refractivity contribution is 0.00578. The summed E-state index contributed by atoms with van der Waals surface area (Å²) < 4.78 is 12.1. The van der Waals surface area contributed by atoms with Gasteiger partial charge in [0, 0.05) is 59.1 Å². The van der Waals surface area contributed by atoms with E-state index in [2.05, 4.69) is 131 Å². The summed E-state index contributed by atoms with van der Waals surface area (Å²) in [5.41, 5.74) is 12.0. The Kier molecular flexibility index (Phi) is 13.2. The number of fused-ring (bicyclic) bond motifs is 2. The molecule has 9 nitrogen and oxygen atoms in total. The highest BCUT2D eigenvalue weighted by Gasteiger charge is 2.51. The van der Waals surface area contributed by atoms with Gasteiger partial charge in [0.1, 0.15) is 5.15 Å². The van der Waals surface area contributed by atoms with Crippen molar-refractivity contribution in [2.24, 2.45) is 0 Å². The van der Waals surface area contributed by atoms with Gasteiger partial charge in [0.15, 0.2) is 5.82 Å². The summed E-state index contributed by atoms with van der Waals surface area (Å²) in [7, 11) is -0.304. The van der Waals surface area contributed by atoms with E-state index in [4.69, 9.17) is 42.5 Å². The highest BCUT2D eigenvalue weighted by atomic mass is 35.5. The molecule has 0 amide bonds. The fourth-order valence-electron chi connectivity index (χ4n) is 7.51. The largest absolute Gasteiger partial charge is 0.494 e. The number of nitrogens with zero attached hydrogens (tertiary/aromatic N) is 7. The van der Waals surface area contributed by atoms with Gasteiger partial charge in [0.05, 0.1) is 27.9 Å². The third kappa shape index (κ3) is 10.3. The average Bonchev–Trinajstić information content (AvgIpc) is 3.60. The van der Waals surface area contributed by atoms with Crippen molar-refractivity contribution in [2.45, 2.75) is 38.9 Å². The maximum atomic E-state index is 6.06. The highest BCUT2D eigenvalue weighted by molar-refractivity contribution is 6.62. The van der Waals surface area contributed by atoms with Crippen LogP contribution in [0, 0.1) is 0 Å². The smallest absolute Gasteiger partial charge is 0.399 e. The zero-order valence-electron chi connectivity index (χ0n) is 37.3. The van der Waals surface area contributed by atoms with Crippen molar-refractivity contribution in [1.29, 1.82) is 0 Å². The van der Waals surface area contributed by atoms with Gasteiger partial charge < -0.3 is 9.31 Å². The molecule has 0 radical (unpaired) electrons. The average molecular weight is 917 g/mol. The Morgan fingerprint density at radius 3 is 1.27 bits per heavy atom. The van der Waals surface area contributed by atoms with E-state index in [1.54, 1.807) is 12.4 Å². The Labute approximate surface area is 400 Å². The van der Waals surface area contributed by atoms with Crippen LogP contribution in [0.5, 0.6) is 0 Å². The number of hydrogen-bond donors (Lipinski definition) is 0. The molecule has 6 heterocycles. The molecular formula is C55H44BCl2N7O2. The van der Waals surface area contributed by atoms with E-state index in [1.165, 1.54) is 0 Å². The molecule has 5 aromatic carbocycles. The third-order valence-electron chi connectivity index (χ3n) is 11.9. The molecule has 11 rings (SSSR count). The highest BCUT2D eigenvalue weighted by Crippen LogP contribution is 2.37. The van der Waals surface area contributed by atoms with Crippen LogP contribution in [0.1, 0.15) is 27.7 Å². The normalized spacial score (nSPS) is 13.6. The standard InChI is InChI=1S/C30H20N4.C17H20BNO2.C8H4Cl2N2/c1-2-4-28-27(3-1)29(25-9-5-21(6-10-25)23-13-17-31-18-14-23)34-30(33-28)26-11-7-22(8-12-26)24-15-19-32-20-16-24;1-16(2)17(3,4)21-18(20-16)15-7-5-13(6-8-15)14-9-11-19-12-10-14;9-7-5-3-1-2-4-6(5)11-8(10)12-7/h1-20H;5-12H,1-4H3;1-4H. The van der Waals surface area contributed by atoms with E-state index in [0.717, 1.165) is 77.5 Å². The van der Waals surface area contributed by atoms with Crippen LogP contribution in [0.4, 0.5) is 0 Å². The van der Waals surface area contributed by atoms with Crippen LogP contribution in [0.15, 0.2) is 195 Å². The molecule has 0 aliphatic carbocycles. The van der Waals surface area contributed by atoms with Gasteiger partial charge in [-0.25, -0.2) is 19.9 Å². The van der Waals surface area contributed by atoms with E-state index in [0.29, 0.717) is 11.0 Å². The summed E-state index contributed by atoms with van der Waals surface area (Å²) in [6.45, 7) is 8.27. The molecule has 12 heteroatoms. The Hall–Kier alpha value is -7.21. The van der Waals surface area contributed by atoms with Gasteiger partial charge in [-0.05, 0) is 133 Å². The van der Waals surface area contributed by atoms with Gasteiger partial charge >= 0.3 is 7.12 Å². The molecule has 328 valence electrons. The van der Waals surface area contributed by atoms with Gasteiger partial charge in [0.2, 0.25) is 5.28 Å². The minimum absolute atomic E-state index is 0.179. The number of rotatable bonds is 6. The van der Waals surface area contributed by atoms with Crippen molar-refractivity contribution in [3.63, 3.8) is 0 Å². The lowest BCUT2D eigenvalue weighted by atomic mass is 9.78. The number of benzene rings is 5. The van der Waals surface area contributed by atoms with Crippen molar-refractivity contribution < 1.29 is 9.31 Å². The van der Waals surface area contributed by atoms with Crippen LogP contribution >= 0.6 is 23.2 Å². The Balaban J connectivity index is 0.000000144. The van der Waals surface area contributed by atoms with Crippen molar-refractivity contribution in [3.05, 3.63) is 205 Å². The minimum Gasteiger partial charge on any atom is -0.399 e. The fraction of sp³-hybridized carbons (Fsp3) is 0.109. The molecule has 0 saturated carbocycles. The van der Waals surface area contributed by atoms with Crippen LogP contribution in [0.25, 0.3) is 77.8 Å². The van der Waals surface area contributed by atoms with E-state index < -0.39 is 0 Å². The van der Waals surface area contributed by atoms with Gasteiger partial charge in [-0.1, -0.05) is 115 Å². The number of hydrogen-bond acceptors (Lipinski definition) is 9. The van der Waals surface area contributed by atoms with E-state index in [1.807, 2.05) is 104 Å². The van der Waals surface area contributed by atoms with Crippen LogP contribution in [-0.4, -0.2) is 53.2 Å². The maximum absolute atomic E-state index is 6.06. The predicted molar refractivity (Wildman–Crippen MR) is 272 cm³/mol. The molecule has 0 unspecified atom stereocenters. The first-order chi connectivity index (χ1) is 32.5. The van der Waals surface area contributed by atoms with Crippen molar-refractivity contribution in [3.8, 4) is 56.0 Å². The molecule has 67 heavy (non-hydrogen) atoms. The minimum atomic E-state index is -0.304. The molecule has 10 aromatic rings. The summed E-state index contributed by atoms with van der Waals surface area (Å²) in [5, 5.41) is 2.43. The van der Waals surface area contributed by atoms with Crippen molar-refractivity contribution >= 4 is 57.6 Å². The number of aromatic nitrogens is 7. The topological polar surface area (TPSA) is 109 Å². The van der Waals surface area contributed by atoms with Crippen molar-refractivity contribution in [2.75, 3.05) is 0 Å². The lowest BCUT2D eigenvalue weighted by Gasteiger charge is -2.32. The summed E-state index contributed by atoms with van der Waals surface area (Å²) >= 11 is 11.4. The zero-order valence-corrected chi connectivity index (χ0v) is 38.8. The Bertz CT molecular complexity index is 3240. The molecule has 5 aromatic heterocycles. The molecule has 1 saturated heterocycles. The van der Waals surface area contributed by atoms with Gasteiger partial charge in [-0.3, -0.25) is 15.0 Å². The number of pyridine rings is 3. The molecule has 1 aliphatic rings. The SMILES string of the molecule is CC1(C)OB(c2ccc(-c3ccncc3)cc2)OC1(C)C.Clc1nc(Cl)c2ccccc2n1.c1ccc2c(-c3ccc(-c4ccncc4)cc3)nc(-c3ccc(-c4ccncc4)cc3)nc2c1. The molecular weight excluding hydrogens is 872 g/mol. The number of para-hydroxylation sites is 2. The first-order valence-electron chi connectivity index (χ1n) is 21.7. The lowest BCUT2D eigenvalue weighted by Crippen LogP contribution is -2.41. The zero-order chi connectivity index (χ0) is 46.4. The van der Waals surface area contributed by atoms with E-state index in [9.17, 15) is 0 Å². The second-order valence-corrected chi connectivity index (χ2v) is 17.5. The second-order valence-electron chi connectivity index (χ2n) is 16.8. The number of halogens is 2. The molecule has 1 aliphatic heterocycles. The molecule has 0 N–H and O–H groups in total. The monoisotopic (exact) mass is 915 g/mol. The molecule has 0 atom stereocenters. The maximum Gasteiger partial charge on any atom is 0.494 e. The molecule has 1 fully saturated rings. The first kappa shape index (κ1) is 45.0. The van der Waals surface area contributed by atoms with Crippen LogP contribution < -0.4 is 5.46 Å². The Morgan fingerprint density at radius 1 is 0.388 bits per heavy atom. The third-order valence-corrected chi connectivity index (χ3v) is 12.4. The summed E-state index contributed by atoms with van der Waals surface area (Å²) in [4.78, 5) is 30.0. The Morgan fingerprint density at radius 2 is 0.776 bits per heavy atom. The quantitative estimate of drug-likeness (QED) is 0.0915. The van der Waals surface area contributed by atoms with Crippen LogP contribution in [-0.2, 0) is 9.31 Å². The van der Waals surface area contributed by atoms with Crippen LogP contribution in [0.3, 0.4) is 0 Å². The van der Waals surface area contributed by atoms with Crippen molar-refractivity contribution in [1.82, 2.24) is 34.9 Å². The van der Waals surface area contributed by atoms with Gasteiger partial charge in [-0.2, -0.15) is 0 Å². The first-order valence-corrected chi connectivity index (χ1v) is 22.5. The molecule has 0 spiro atoms. The van der Waals surface area contributed by atoms with Gasteiger partial charge in [0.25, 0.3) is 0 Å². The summed E-state index contributed by atoms with van der Waals surface area (Å²) in [6.07, 6.45) is 10.8. The summed E-state index contributed by atoms with van der Waals surface area (Å²) in [5.74, 6) is 0.716. The van der Waals surface area contributed by atoms with Gasteiger partial charge in [-0.15, -0.1) is 0 Å². The summed E-state index contributed by atoms with van der Waals surface area (Å²) in [6, 6.07) is 52.9. The predicted octanol–water partition coefficient (Wildman–Crippen LogP) is 13.1. The van der Waals surface area contributed by atoms with E-state index >= 15 is 0 Å². The second kappa shape index (κ2) is 19.7. The van der Waals surface area contributed by atoms with Crippen LogP contribution in [0.2, 0.25) is 10.4 Å². The molecule has 0 bridgehead atoms.